The second kappa shape index (κ2) is 7.34. The Hall–Kier alpha value is -3.93. The van der Waals surface area contributed by atoms with Gasteiger partial charge >= 0.3 is 0 Å². The summed E-state index contributed by atoms with van der Waals surface area (Å²) in [4.78, 5) is 19.5. The van der Waals surface area contributed by atoms with Crippen molar-refractivity contribution < 1.29 is 4.79 Å². The van der Waals surface area contributed by atoms with Crippen LogP contribution < -0.4 is 5.32 Å². The molecule has 2 aliphatic rings. The number of hydrogen-bond donors (Lipinski definition) is 1. The summed E-state index contributed by atoms with van der Waals surface area (Å²) in [6, 6.07) is 20.2. The van der Waals surface area contributed by atoms with Gasteiger partial charge in [0.05, 0.1) is 0 Å². The summed E-state index contributed by atoms with van der Waals surface area (Å²) in [7, 11) is 0. The Morgan fingerprint density at radius 2 is 1.91 bits per heavy atom. The van der Waals surface area contributed by atoms with E-state index in [1.807, 2.05) is 53.6 Å². The molecule has 1 amide bonds. The van der Waals surface area contributed by atoms with Gasteiger partial charge in [0.25, 0.3) is 5.91 Å². The first-order valence-electron chi connectivity index (χ1n) is 10.9. The maximum absolute atomic E-state index is 12.9. The van der Waals surface area contributed by atoms with Crippen LogP contribution in [-0.2, 0) is 13.1 Å². The number of benzene rings is 2. The van der Waals surface area contributed by atoms with Crippen molar-refractivity contribution in [3.05, 3.63) is 95.8 Å². The topological polar surface area (TPSA) is 62.5 Å². The second-order valence-electron chi connectivity index (χ2n) is 8.57. The monoisotopic (exact) mass is 421 g/mol. The third-order valence-electron chi connectivity index (χ3n) is 6.22. The van der Waals surface area contributed by atoms with Crippen LogP contribution in [0.25, 0.3) is 16.8 Å². The standard InChI is InChI=1S/C26H23N5O/c1-17(19-9-10-19)27-26-28-24-22(8-5-13-31(24)29-26)20-11-12-23-21(14-20)16-30(25(23)32)15-18-6-3-2-4-7-18/h2-8,11-14,19H,1,9-10,15-16H2,(H,27,29). The molecule has 2 aromatic heterocycles. The number of fused-ring (bicyclic) bond motifs is 2. The first-order chi connectivity index (χ1) is 15.7. The Morgan fingerprint density at radius 3 is 2.72 bits per heavy atom. The number of nitrogens with zero attached hydrogens (tertiary/aromatic N) is 4. The molecule has 0 bridgehead atoms. The number of hydrogen-bond acceptors (Lipinski definition) is 4. The molecule has 1 N–H and O–H groups in total. The van der Waals surface area contributed by atoms with E-state index in [-0.39, 0.29) is 5.91 Å². The number of pyridine rings is 1. The highest BCUT2D eigenvalue weighted by molar-refractivity contribution is 5.99. The van der Waals surface area contributed by atoms with Crippen LogP contribution in [0.1, 0.15) is 34.3 Å². The number of amides is 1. The zero-order chi connectivity index (χ0) is 21.7. The van der Waals surface area contributed by atoms with Crippen LogP contribution in [0, 0.1) is 5.92 Å². The van der Waals surface area contributed by atoms with E-state index in [1.54, 1.807) is 4.52 Å². The highest BCUT2D eigenvalue weighted by atomic mass is 16.2. The molecule has 2 aromatic carbocycles. The Morgan fingerprint density at radius 1 is 1.06 bits per heavy atom. The van der Waals surface area contributed by atoms with Gasteiger partial charge in [0, 0.05) is 36.1 Å². The van der Waals surface area contributed by atoms with Gasteiger partial charge in [-0.2, -0.15) is 4.98 Å². The maximum atomic E-state index is 12.9. The van der Waals surface area contributed by atoms with Gasteiger partial charge < -0.3 is 10.2 Å². The summed E-state index contributed by atoms with van der Waals surface area (Å²) in [6.45, 7) is 5.34. The summed E-state index contributed by atoms with van der Waals surface area (Å²) >= 11 is 0. The number of allylic oxidation sites excluding steroid dienone is 1. The van der Waals surface area contributed by atoms with Crippen molar-refractivity contribution in [2.75, 3.05) is 5.32 Å². The Kier molecular flexibility index (Phi) is 4.31. The molecule has 0 unspecified atom stereocenters. The number of carbonyl (C=O) groups excluding carboxylic acids is 1. The van der Waals surface area contributed by atoms with Crippen molar-refractivity contribution in [2.45, 2.75) is 25.9 Å². The molecular weight excluding hydrogens is 398 g/mol. The van der Waals surface area contributed by atoms with Gasteiger partial charge in [-0.15, -0.1) is 5.10 Å². The van der Waals surface area contributed by atoms with E-state index in [0.29, 0.717) is 25.0 Å². The van der Waals surface area contributed by atoms with Gasteiger partial charge in [-0.25, -0.2) is 4.52 Å². The van der Waals surface area contributed by atoms with E-state index in [4.69, 9.17) is 4.98 Å². The molecule has 6 heteroatoms. The highest BCUT2D eigenvalue weighted by Crippen LogP contribution is 2.36. The molecular formula is C26H23N5O. The number of anilines is 1. The zero-order valence-corrected chi connectivity index (χ0v) is 17.7. The van der Waals surface area contributed by atoms with E-state index in [0.717, 1.165) is 39.2 Å². The molecule has 0 spiro atoms. The summed E-state index contributed by atoms with van der Waals surface area (Å²) in [5.41, 5.74) is 6.74. The number of carbonyl (C=O) groups is 1. The third kappa shape index (κ3) is 3.34. The number of rotatable bonds is 6. The van der Waals surface area contributed by atoms with Crippen molar-refractivity contribution in [3.8, 4) is 11.1 Å². The molecule has 4 aromatic rings. The van der Waals surface area contributed by atoms with Crippen LogP contribution in [0.15, 0.2) is 79.1 Å². The predicted octanol–water partition coefficient (Wildman–Crippen LogP) is 4.89. The molecule has 0 saturated heterocycles. The second-order valence-corrected chi connectivity index (χ2v) is 8.57. The van der Waals surface area contributed by atoms with Gasteiger partial charge in [-0.05, 0) is 59.7 Å². The lowest BCUT2D eigenvalue weighted by atomic mass is 10.0. The minimum atomic E-state index is 0.0844. The fourth-order valence-corrected chi connectivity index (χ4v) is 4.34. The SMILES string of the molecule is C=C(Nc1nc2c(-c3ccc4c(c3)CN(Cc3ccccc3)C4=O)cccn2n1)C1CC1. The summed E-state index contributed by atoms with van der Waals surface area (Å²) in [5, 5.41) is 7.82. The average Bonchev–Trinajstić information content (AvgIpc) is 3.52. The van der Waals surface area contributed by atoms with Crippen molar-refractivity contribution in [3.63, 3.8) is 0 Å². The van der Waals surface area contributed by atoms with Gasteiger partial charge in [0.1, 0.15) is 0 Å². The fourth-order valence-electron chi connectivity index (χ4n) is 4.34. The molecule has 6 rings (SSSR count). The van der Waals surface area contributed by atoms with Gasteiger partial charge in [0.15, 0.2) is 5.65 Å². The normalized spacial score (nSPS) is 15.2. The first kappa shape index (κ1) is 18.8. The van der Waals surface area contributed by atoms with Crippen LogP contribution in [-0.4, -0.2) is 25.4 Å². The van der Waals surface area contributed by atoms with Gasteiger partial charge in [-0.1, -0.05) is 43.0 Å². The summed E-state index contributed by atoms with van der Waals surface area (Å²) in [6.07, 6.45) is 4.26. The molecule has 0 atom stereocenters. The largest absolute Gasteiger partial charge is 0.330 e. The van der Waals surface area contributed by atoms with E-state index in [2.05, 4.69) is 35.2 Å². The molecule has 1 aliphatic heterocycles. The molecule has 1 saturated carbocycles. The number of aromatic nitrogens is 3. The van der Waals surface area contributed by atoms with Gasteiger partial charge in [0.2, 0.25) is 5.95 Å². The minimum Gasteiger partial charge on any atom is -0.330 e. The highest BCUT2D eigenvalue weighted by Gasteiger charge is 2.28. The quantitative estimate of drug-likeness (QED) is 0.482. The molecule has 1 fully saturated rings. The lowest BCUT2D eigenvalue weighted by Crippen LogP contribution is -2.23. The first-order valence-corrected chi connectivity index (χ1v) is 10.9. The third-order valence-corrected chi connectivity index (χ3v) is 6.22. The Bertz CT molecular complexity index is 1350. The predicted molar refractivity (Wildman–Crippen MR) is 124 cm³/mol. The zero-order valence-electron chi connectivity index (χ0n) is 17.7. The molecule has 1 aliphatic carbocycles. The Labute approximate surface area is 186 Å². The van der Waals surface area contributed by atoms with Crippen molar-refractivity contribution >= 4 is 17.5 Å². The minimum absolute atomic E-state index is 0.0844. The van der Waals surface area contributed by atoms with Crippen LogP contribution >= 0.6 is 0 Å². The molecule has 6 nitrogen and oxygen atoms in total. The van der Waals surface area contributed by atoms with E-state index >= 15 is 0 Å². The molecule has 32 heavy (non-hydrogen) atoms. The lowest BCUT2D eigenvalue weighted by molar-refractivity contribution is 0.0766. The lowest BCUT2D eigenvalue weighted by Gasteiger charge is -2.15. The summed E-state index contributed by atoms with van der Waals surface area (Å²) < 4.78 is 1.79. The van der Waals surface area contributed by atoms with Crippen LogP contribution in [0.3, 0.4) is 0 Å². The van der Waals surface area contributed by atoms with Crippen LogP contribution in [0.2, 0.25) is 0 Å². The van der Waals surface area contributed by atoms with Crippen molar-refractivity contribution in [1.82, 2.24) is 19.5 Å². The van der Waals surface area contributed by atoms with E-state index in [9.17, 15) is 4.79 Å². The van der Waals surface area contributed by atoms with Crippen molar-refractivity contribution in [2.24, 2.45) is 5.92 Å². The smallest absolute Gasteiger partial charge is 0.254 e. The van der Waals surface area contributed by atoms with E-state index < -0.39 is 0 Å². The summed E-state index contributed by atoms with van der Waals surface area (Å²) in [5.74, 6) is 1.19. The number of nitrogens with one attached hydrogen (secondary N) is 1. The van der Waals surface area contributed by atoms with Crippen LogP contribution in [0.4, 0.5) is 5.95 Å². The van der Waals surface area contributed by atoms with E-state index in [1.165, 1.54) is 12.8 Å². The Balaban J connectivity index is 1.30. The van der Waals surface area contributed by atoms with Crippen molar-refractivity contribution in [1.29, 1.82) is 0 Å². The van der Waals surface area contributed by atoms with Gasteiger partial charge in [-0.3, -0.25) is 4.79 Å². The molecule has 3 heterocycles. The fraction of sp³-hybridized carbons (Fsp3) is 0.192. The maximum Gasteiger partial charge on any atom is 0.254 e. The molecule has 158 valence electrons. The van der Waals surface area contributed by atoms with Crippen LogP contribution in [0.5, 0.6) is 0 Å². The molecule has 0 radical (unpaired) electrons. The average molecular weight is 422 g/mol.